The molecule has 0 heterocycles. The zero-order valence-corrected chi connectivity index (χ0v) is 16.6. The van der Waals surface area contributed by atoms with Gasteiger partial charge < -0.3 is 9.47 Å². The van der Waals surface area contributed by atoms with Crippen LogP contribution in [0.25, 0.3) is 0 Å². The molecule has 27 heavy (non-hydrogen) atoms. The SMILES string of the molecule is CC(C)(C)OC(=O)c1cc(Cl)c(OC2[C@@H]3CC4C[C@H]2CC(F)(C4)C3)cc1F. The summed E-state index contributed by atoms with van der Waals surface area (Å²) in [4.78, 5) is 12.2. The second kappa shape index (κ2) is 6.33. The maximum atomic E-state index is 14.8. The molecule has 0 spiro atoms. The van der Waals surface area contributed by atoms with Gasteiger partial charge in [0.05, 0.1) is 10.6 Å². The van der Waals surface area contributed by atoms with E-state index in [1.54, 1.807) is 20.8 Å². The molecule has 0 N–H and O–H groups in total. The van der Waals surface area contributed by atoms with E-state index in [9.17, 15) is 13.6 Å². The van der Waals surface area contributed by atoms with Gasteiger partial charge in [0.2, 0.25) is 0 Å². The molecular formula is C21H25ClF2O3. The first-order valence-electron chi connectivity index (χ1n) is 9.61. The Kier molecular flexibility index (Phi) is 4.45. The van der Waals surface area contributed by atoms with Crippen molar-refractivity contribution < 1.29 is 23.0 Å². The normalized spacial score (nSPS) is 34.6. The molecule has 5 rings (SSSR count). The first-order chi connectivity index (χ1) is 12.5. The smallest absolute Gasteiger partial charge is 0.341 e. The monoisotopic (exact) mass is 398 g/mol. The summed E-state index contributed by atoms with van der Waals surface area (Å²) in [7, 11) is 0. The lowest BCUT2D eigenvalue weighted by Gasteiger charge is -2.56. The van der Waals surface area contributed by atoms with E-state index in [1.807, 2.05) is 0 Å². The lowest BCUT2D eigenvalue weighted by molar-refractivity contribution is -0.134. The summed E-state index contributed by atoms with van der Waals surface area (Å²) in [5.41, 5.74) is -1.99. The number of alkyl halides is 1. The summed E-state index contributed by atoms with van der Waals surface area (Å²) in [6.07, 6.45) is 3.48. The van der Waals surface area contributed by atoms with Gasteiger partial charge in [-0.3, -0.25) is 0 Å². The lowest BCUT2D eigenvalue weighted by Crippen LogP contribution is -2.56. The van der Waals surface area contributed by atoms with Crippen molar-refractivity contribution in [3.63, 3.8) is 0 Å². The quantitative estimate of drug-likeness (QED) is 0.610. The summed E-state index contributed by atoms with van der Waals surface area (Å²) in [5.74, 6) is -0.547. The zero-order chi connectivity index (χ0) is 19.6. The number of benzene rings is 1. The summed E-state index contributed by atoms with van der Waals surface area (Å²) < 4.78 is 40.7. The number of hydrogen-bond acceptors (Lipinski definition) is 3. The van der Waals surface area contributed by atoms with Crippen LogP contribution in [0, 0.1) is 23.6 Å². The number of esters is 1. The van der Waals surface area contributed by atoms with E-state index >= 15 is 0 Å². The Morgan fingerprint density at radius 3 is 2.37 bits per heavy atom. The highest BCUT2D eigenvalue weighted by Crippen LogP contribution is 2.58. The topological polar surface area (TPSA) is 35.5 Å². The first kappa shape index (κ1) is 19.0. The third-order valence-corrected chi connectivity index (χ3v) is 6.31. The average Bonchev–Trinajstić information content (AvgIpc) is 2.50. The molecule has 3 unspecified atom stereocenters. The molecule has 4 aliphatic carbocycles. The van der Waals surface area contributed by atoms with Crippen molar-refractivity contribution in [3.05, 3.63) is 28.5 Å². The maximum Gasteiger partial charge on any atom is 0.341 e. The van der Waals surface area contributed by atoms with Crippen molar-refractivity contribution >= 4 is 17.6 Å². The van der Waals surface area contributed by atoms with Crippen molar-refractivity contribution in [1.82, 2.24) is 0 Å². The van der Waals surface area contributed by atoms with E-state index in [1.165, 1.54) is 6.07 Å². The largest absolute Gasteiger partial charge is 0.488 e. The van der Waals surface area contributed by atoms with Crippen LogP contribution in [0.1, 0.15) is 63.2 Å². The van der Waals surface area contributed by atoms with Gasteiger partial charge in [0.15, 0.2) is 0 Å². The van der Waals surface area contributed by atoms with E-state index in [0.717, 1.165) is 18.9 Å². The molecule has 1 aromatic carbocycles. The summed E-state index contributed by atoms with van der Waals surface area (Å²) in [6.45, 7) is 5.14. The number of ether oxygens (including phenoxy) is 2. The molecule has 1 aromatic rings. The maximum absolute atomic E-state index is 14.8. The average molecular weight is 399 g/mol. The minimum atomic E-state index is -1.05. The van der Waals surface area contributed by atoms with Crippen LogP contribution in [0.5, 0.6) is 5.75 Å². The molecule has 5 atom stereocenters. The number of rotatable bonds is 3. The Balaban J connectivity index is 1.54. The Hall–Kier alpha value is -1.36. The van der Waals surface area contributed by atoms with Gasteiger partial charge in [0, 0.05) is 6.07 Å². The highest BCUT2D eigenvalue weighted by atomic mass is 35.5. The van der Waals surface area contributed by atoms with E-state index in [2.05, 4.69) is 0 Å². The Bertz CT molecular complexity index is 757. The molecular weight excluding hydrogens is 374 g/mol. The van der Waals surface area contributed by atoms with Gasteiger partial charge in [-0.05, 0) is 76.7 Å². The minimum Gasteiger partial charge on any atom is -0.488 e. The fraction of sp³-hybridized carbons (Fsp3) is 0.667. The molecule has 148 valence electrons. The van der Waals surface area contributed by atoms with Crippen molar-refractivity contribution in [2.24, 2.45) is 17.8 Å². The van der Waals surface area contributed by atoms with Crippen LogP contribution in [-0.4, -0.2) is 23.3 Å². The van der Waals surface area contributed by atoms with Crippen molar-refractivity contribution in [2.75, 3.05) is 0 Å². The van der Waals surface area contributed by atoms with Gasteiger partial charge in [-0.25, -0.2) is 13.6 Å². The minimum absolute atomic E-state index is 0.144. The standard InChI is InChI=1S/C21H25ClF2O3/c1-20(2,3)27-19(25)14-6-15(22)17(7-16(14)23)26-18-12-4-11-5-13(18)10-21(24,8-11)9-12/h6-7,11-13,18H,4-5,8-10H2,1-3H3/t11?,12-,13+,18?,21?. The highest BCUT2D eigenvalue weighted by Gasteiger charge is 2.57. The van der Waals surface area contributed by atoms with Crippen molar-refractivity contribution in [3.8, 4) is 5.75 Å². The molecule has 0 radical (unpaired) electrons. The van der Waals surface area contributed by atoms with Crippen LogP contribution >= 0.6 is 11.6 Å². The Morgan fingerprint density at radius 1 is 1.19 bits per heavy atom. The van der Waals surface area contributed by atoms with Gasteiger partial charge >= 0.3 is 5.97 Å². The number of carbonyl (C=O) groups excluding carboxylic acids is 1. The molecule has 0 aromatic heterocycles. The second-order valence-electron chi connectivity index (χ2n) is 9.47. The predicted octanol–water partition coefficient (Wildman–Crippen LogP) is 5.73. The fourth-order valence-corrected chi connectivity index (χ4v) is 5.53. The molecule has 3 nitrogen and oxygen atoms in total. The molecule has 0 amide bonds. The molecule has 6 heteroatoms. The molecule has 4 saturated carbocycles. The number of carbonyl (C=O) groups is 1. The van der Waals surface area contributed by atoms with Crippen molar-refractivity contribution in [2.45, 2.75) is 70.2 Å². The summed E-state index contributed by atoms with van der Waals surface area (Å²) in [6, 6.07) is 2.41. The number of halogens is 3. The van der Waals surface area contributed by atoms with Gasteiger partial charge in [-0.2, -0.15) is 0 Å². The van der Waals surface area contributed by atoms with Crippen LogP contribution in [0.3, 0.4) is 0 Å². The fourth-order valence-electron chi connectivity index (χ4n) is 5.33. The van der Waals surface area contributed by atoms with Crippen LogP contribution in [0.15, 0.2) is 12.1 Å². The first-order valence-corrected chi connectivity index (χ1v) is 9.99. The summed E-state index contributed by atoms with van der Waals surface area (Å²) >= 11 is 6.28. The van der Waals surface area contributed by atoms with E-state index < -0.39 is 23.1 Å². The van der Waals surface area contributed by atoms with E-state index in [4.69, 9.17) is 21.1 Å². The molecule has 4 fully saturated rings. The van der Waals surface area contributed by atoms with Gasteiger partial charge in [-0.1, -0.05) is 11.6 Å². The third-order valence-electron chi connectivity index (χ3n) is 6.02. The van der Waals surface area contributed by atoms with Gasteiger partial charge in [-0.15, -0.1) is 0 Å². The molecule has 4 bridgehead atoms. The van der Waals surface area contributed by atoms with Crippen molar-refractivity contribution in [1.29, 1.82) is 0 Å². The van der Waals surface area contributed by atoms with Crippen LogP contribution in [-0.2, 0) is 4.74 Å². The Labute approximate surface area is 163 Å². The van der Waals surface area contributed by atoms with E-state index in [-0.39, 0.29) is 34.3 Å². The van der Waals surface area contributed by atoms with Gasteiger partial charge in [0.1, 0.15) is 28.9 Å². The van der Waals surface area contributed by atoms with Crippen LogP contribution < -0.4 is 4.74 Å². The second-order valence-corrected chi connectivity index (χ2v) is 9.87. The summed E-state index contributed by atoms with van der Waals surface area (Å²) in [5, 5.41) is 0.168. The molecule has 0 saturated heterocycles. The predicted molar refractivity (Wildman–Crippen MR) is 98.4 cm³/mol. The zero-order valence-electron chi connectivity index (χ0n) is 15.9. The number of hydrogen-bond donors (Lipinski definition) is 0. The van der Waals surface area contributed by atoms with Crippen LogP contribution in [0.2, 0.25) is 5.02 Å². The van der Waals surface area contributed by atoms with Gasteiger partial charge in [0.25, 0.3) is 0 Å². The Morgan fingerprint density at radius 2 is 1.81 bits per heavy atom. The highest BCUT2D eigenvalue weighted by molar-refractivity contribution is 6.32. The molecule has 0 aliphatic heterocycles. The molecule has 4 aliphatic rings. The lowest BCUT2D eigenvalue weighted by atomic mass is 9.53. The van der Waals surface area contributed by atoms with E-state index in [0.29, 0.717) is 25.2 Å². The van der Waals surface area contributed by atoms with Crippen LogP contribution in [0.4, 0.5) is 8.78 Å². The third kappa shape index (κ3) is 3.67.